The van der Waals surface area contributed by atoms with Crippen molar-refractivity contribution in [2.24, 2.45) is 0 Å². The van der Waals surface area contributed by atoms with Crippen LogP contribution in [0.2, 0.25) is 0 Å². The fraction of sp³-hybridized carbons (Fsp3) is 0.750. The summed E-state index contributed by atoms with van der Waals surface area (Å²) in [5, 5.41) is 5.88. The van der Waals surface area contributed by atoms with Crippen LogP contribution in [0.4, 0.5) is 0 Å². The number of carbonyl (C=O) groups is 1. The van der Waals surface area contributed by atoms with E-state index in [0.717, 1.165) is 44.0 Å². The molecule has 0 unspecified atom stereocenters. The van der Waals surface area contributed by atoms with Crippen molar-refractivity contribution >= 4 is 17.2 Å². The Morgan fingerprint density at radius 3 is 2.73 bits per heavy atom. The van der Waals surface area contributed by atoms with Gasteiger partial charge in [-0.2, -0.15) is 0 Å². The first-order valence-corrected chi connectivity index (χ1v) is 9.25. The van der Waals surface area contributed by atoms with Crippen molar-refractivity contribution in [1.82, 2.24) is 15.2 Å². The summed E-state index contributed by atoms with van der Waals surface area (Å²) >= 11 is 1.54. The number of hydrogen-bond donors (Lipinski definition) is 1. The van der Waals surface area contributed by atoms with E-state index in [1.54, 1.807) is 6.20 Å². The molecule has 5 nitrogen and oxygen atoms in total. The van der Waals surface area contributed by atoms with Gasteiger partial charge in [-0.1, -0.05) is 30.6 Å². The molecule has 1 aliphatic carbocycles. The monoisotopic (exact) mass is 323 g/mol. The maximum atomic E-state index is 12.1. The summed E-state index contributed by atoms with van der Waals surface area (Å²) in [5.41, 5.74) is 0. The van der Waals surface area contributed by atoms with E-state index in [2.05, 4.69) is 15.2 Å². The minimum absolute atomic E-state index is 0.186. The van der Waals surface area contributed by atoms with Gasteiger partial charge in [0, 0.05) is 30.7 Å². The Labute approximate surface area is 136 Å². The lowest BCUT2D eigenvalue weighted by atomic mass is 9.95. The maximum absolute atomic E-state index is 12.1. The fourth-order valence-electron chi connectivity index (χ4n) is 3.32. The van der Waals surface area contributed by atoms with E-state index in [9.17, 15) is 4.79 Å². The van der Waals surface area contributed by atoms with Crippen LogP contribution < -0.4 is 10.1 Å². The molecule has 2 heterocycles. The minimum Gasteiger partial charge on any atom is -0.467 e. The number of piperidine rings is 1. The van der Waals surface area contributed by atoms with Crippen LogP contribution in [0.3, 0.4) is 0 Å². The van der Waals surface area contributed by atoms with Gasteiger partial charge in [-0.05, 0) is 25.7 Å². The van der Waals surface area contributed by atoms with Crippen LogP contribution in [0, 0.1) is 0 Å². The lowest BCUT2D eigenvalue weighted by molar-refractivity contribution is -0.123. The van der Waals surface area contributed by atoms with Crippen LogP contribution in [-0.4, -0.2) is 47.6 Å². The zero-order chi connectivity index (χ0) is 15.2. The number of amides is 1. The van der Waals surface area contributed by atoms with E-state index in [1.165, 1.54) is 30.6 Å². The van der Waals surface area contributed by atoms with Gasteiger partial charge in [0.15, 0.2) is 0 Å². The Morgan fingerprint density at radius 1 is 1.27 bits per heavy atom. The highest BCUT2D eigenvalue weighted by atomic mass is 32.1. The minimum atomic E-state index is 0.186. The number of rotatable bonds is 5. The third-order valence-corrected chi connectivity index (χ3v) is 5.21. The van der Waals surface area contributed by atoms with Crippen LogP contribution in [0.5, 0.6) is 5.19 Å². The average Bonchev–Trinajstić information content (AvgIpc) is 3.03. The molecule has 2 fully saturated rings. The number of nitrogens with one attached hydrogen (secondary N) is 1. The molecule has 3 rings (SSSR count). The predicted octanol–water partition coefficient (Wildman–Crippen LogP) is 2.44. The highest BCUT2D eigenvalue weighted by molar-refractivity contribution is 7.11. The molecular formula is C16H25N3O2S. The fourth-order valence-corrected chi connectivity index (χ4v) is 3.87. The summed E-state index contributed by atoms with van der Waals surface area (Å²) in [4.78, 5) is 18.5. The van der Waals surface area contributed by atoms with E-state index in [-0.39, 0.29) is 12.0 Å². The molecule has 6 heteroatoms. The van der Waals surface area contributed by atoms with E-state index in [0.29, 0.717) is 12.6 Å². The van der Waals surface area contributed by atoms with Crippen LogP contribution in [-0.2, 0) is 4.79 Å². The number of thiazole rings is 1. The second kappa shape index (κ2) is 7.92. The van der Waals surface area contributed by atoms with Crippen molar-refractivity contribution in [1.29, 1.82) is 0 Å². The van der Waals surface area contributed by atoms with Crippen molar-refractivity contribution in [2.45, 2.75) is 57.1 Å². The second-order valence-electron chi connectivity index (χ2n) is 6.29. The first kappa shape index (κ1) is 15.7. The van der Waals surface area contributed by atoms with Gasteiger partial charge in [0.1, 0.15) is 6.10 Å². The Morgan fingerprint density at radius 2 is 2.05 bits per heavy atom. The van der Waals surface area contributed by atoms with E-state index < -0.39 is 0 Å². The molecule has 0 radical (unpaired) electrons. The second-order valence-corrected chi connectivity index (χ2v) is 7.15. The molecule has 0 bridgehead atoms. The molecular weight excluding hydrogens is 298 g/mol. The van der Waals surface area contributed by atoms with Crippen molar-refractivity contribution in [3.8, 4) is 5.19 Å². The van der Waals surface area contributed by atoms with Crippen molar-refractivity contribution in [3.63, 3.8) is 0 Å². The van der Waals surface area contributed by atoms with Crippen LogP contribution >= 0.6 is 11.3 Å². The van der Waals surface area contributed by atoms with Gasteiger partial charge in [0.05, 0.1) is 6.54 Å². The van der Waals surface area contributed by atoms with Crippen molar-refractivity contribution < 1.29 is 9.53 Å². The third kappa shape index (κ3) is 4.68. The summed E-state index contributed by atoms with van der Waals surface area (Å²) < 4.78 is 5.85. The molecule has 1 aliphatic heterocycles. The van der Waals surface area contributed by atoms with Crippen LogP contribution in [0.1, 0.15) is 44.9 Å². The smallest absolute Gasteiger partial charge is 0.273 e. The average molecular weight is 323 g/mol. The molecule has 1 saturated carbocycles. The first-order chi connectivity index (χ1) is 10.8. The first-order valence-electron chi connectivity index (χ1n) is 8.37. The number of ether oxygens (including phenoxy) is 1. The van der Waals surface area contributed by atoms with Crippen LogP contribution in [0.25, 0.3) is 0 Å². The lowest BCUT2D eigenvalue weighted by Crippen LogP contribution is -2.46. The van der Waals surface area contributed by atoms with Gasteiger partial charge < -0.3 is 10.1 Å². The van der Waals surface area contributed by atoms with Crippen LogP contribution in [0.15, 0.2) is 11.6 Å². The van der Waals surface area contributed by atoms with Gasteiger partial charge in [0.25, 0.3) is 5.19 Å². The quantitative estimate of drug-likeness (QED) is 0.904. The number of carbonyl (C=O) groups excluding carboxylic acids is 1. The van der Waals surface area contributed by atoms with Crippen molar-refractivity contribution in [3.05, 3.63) is 11.6 Å². The van der Waals surface area contributed by atoms with E-state index in [4.69, 9.17) is 4.74 Å². The number of nitrogens with zero attached hydrogens (tertiary/aromatic N) is 2. The molecule has 0 aromatic carbocycles. The maximum Gasteiger partial charge on any atom is 0.273 e. The SMILES string of the molecule is O=C(CN1CCC(Oc2nccs2)CC1)NC1CCCCC1. The zero-order valence-electron chi connectivity index (χ0n) is 13.0. The van der Waals surface area contributed by atoms with Gasteiger partial charge in [-0.25, -0.2) is 4.98 Å². The summed E-state index contributed by atoms with van der Waals surface area (Å²) in [5.74, 6) is 0.186. The highest BCUT2D eigenvalue weighted by Gasteiger charge is 2.23. The zero-order valence-corrected chi connectivity index (χ0v) is 13.8. The normalized spacial score (nSPS) is 21.6. The Kier molecular flexibility index (Phi) is 5.67. The molecule has 1 N–H and O–H groups in total. The van der Waals surface area contributed by atoms with Gasteiger partial charge in [0.2, 0.25) is 5.91 Å². The number of aromatic nitrogens is 1. The van der Waals surface area contributed by atoms with Gasteiger partial charge >= 0.3 is 0 Å². The highest BCUT2D eigenvalue weighted by Crippen LogP contribution is 2.21. The Bertz CT molecular complexity index is 452. The molecule has 1 aromatic rings. The topological polar surface area (TPSA) is 54.5 Å². The standard InChI is InChI=1S/C16H25N3O2S/c20-15(18-13-4-2-1-3-5-13)12-19-9-6-14(7-10-19)21-16-17-8-11-22-16/h8,11,13-14H,1-7,9-10,12H2,(H,18,20). The lowest BCUT2D eigenvalue weighted by Gasteiger charge is -2.31. The van der Waals surface area contributed by atoms with E-state index >= 15 is 0 Å². The Hall–Kier alpha value is -1.14. The molecule has 2 aliphatic rings. The molecule has 22 heavy (non-hydrogen) atoms. The Balaban J connectivity index is 1.35. The number of hydrogen-bond acceptors (Lipinski definition) is 5. The number of likely N-dealkylation sites (tertiary alicyclic amines) is 1. The summed E-state index contributed by atoms with van der Waals surface area (Å²) in [6.07, 6.45) is 10.1. The molecule has 122 valence electrons. The predicted molar refractivity (Wildman–Crippen MR) is 87.2 cm³/mol. The van der Waals surface area contributed by atoms with Crippen molar-refractivity contribution in [2.75, 3.05) is 19.6 Å². The molecule has 1 saturated heterocycles. The summed E-state index contributed by atoms with van der Waals surface area (Å²) in [7, 11) is 0. The van der Waals surface area contributed by atoms with E-state index in [1.807, 2.05) is 5.38 Å². The summed E-state index contributed by atoms with van der Waals surface area (Å²) in [6.45, 7) is 2.38. The van der Waals surface area contributed by atoms with Gasteiger partial charge in [-0.15, -0.1) is 0 Å². The summed E-state index contributed by atoms with van der Waals surface area (Å²) in [6, 6.07) is 0.409. The molecule has 0 spiro atoms. The molecule has 1 aromatic heterocycles. The largest absolute Gasteiger partial charge is 0.467 e. The van der Waals surface area contributed by atoms with Gasteiger partial charge in [-0.3, -0.25) is 9.69 Å². The molecule has 0 atom stereocenters. The third-order valence-electron chi connectivity index (χ3n) is 4.55. The molecule has 1 amide bonds.